The molecule has 0 radical (unpaired) electrons. The fraction of sp³-hybridized carbons (Fsp3) is 0.370. The van der Waals surface area contributed by atoms with Gasteiger partial charge in [-0.1, -0.05) is 18.2 Å². The van der Waals surface area contributed by atoms with E-state index >= 15 is 0 Å². The van der Waals surface area contributed by atoms with Crippen molar-refractivity contribution in [3.63, 3.8) is 0 Å². The second kappa shape index (κ2) is 10.3. The Kier molecular flexibility index (Phi) is 6.81. The van der Waals surface area contributed by atoms with Crippen LogP contribution in [0.4, 0.5) is 10.2 Å². The molecule has 0 spiro atoms. The maximum Gasteiger partial charge on any atom is 0.254 e. The van der Waals surface area contributed by atoms with Gasteiger partial charge in [0.15, 0.2) is 0 Å². The molecule has 0 N–H and O–H groups in total. The molecule has 0 atom stereocenters. The van der Waals surface area contributed by atoms with E-state index in [1.54, 1.807) is 24.4 Å². The predicted molar refractivity (Wildman–Crippen MR) is 129 cm³/mol. The molecule has 0 saturated carbocycles. The molecule has 176 valence electrons. The van der Waals surface area contributed by atoms with Crippen LogP contribution in [0.1, 0.15) is 46.1 Å². The number of amides is 1. The number of halogens is 1. The fourth-order valence-corrected chi connectivity index (χ4v) is 4.71. The van der Waals surface area contributed by atoms with Crippen LogP contribution in [-0.4, -0.2) is 60.2 Å². The number of aromatic nitrogens is 2. The van der Waals surface area contributed by atoms with Crippen LogP contribution in [0, 0.1) is 5.82 Å². The number of ether oxygens (including phenoxy) is 1. The van der Waals surface area contributed by atoms with E-state index in [-0.39, 0.29) is 11.7 Å². The van der Waals surface area contributed by atoms with Gasteiger partial charge in [-0.2, -0.15) is 0 Å². The highest BCUT2D eigenvalue weighted by atomic mass is 19.1. The summed E-state index contributed by atoms with van der Waals surface area (Å²) in [6, 6.07) is 16.4. The Morgan fingerprint density at radius 3 is 2.53 bits per heavy atom. The molecule has 7 heteroatoms. The lowest BCUT2D eigenvalue weighted by Gasteiger charge is -2.32. The van der Waals surface area contributed by atoms with Crippen LogP contribution < -0.4 is 4.90 Å². The molecule has 5 rings (SSSR count). The highest BCUT2D eigenvalue weighted by molar-refractivity contribution is 5.95. The summed E-state index contributed by atoms with van der Waals surface area (Å²) in [5, 5.41) is 0. The molecule has 2 aliphatic heterocycles. The second-order valence-electron chi connectivity index (χ2n) is 8.93. The maximum absolute atomic E-state index is 13.2. The van der Waals surface area contributed by atoms with Gasteiger partial charge >= 0.3 is 0 Å². The summed E-state index contributed by atoms with van der Waals surface area (Å²) in [4.78, 5) is 26.6. The summed E-state index contributed by atoms with van der Waals surface area (Å²) in [5.74, 6) is 1.01. The number of carbonyl (C=O) groups excluding carboxylic acids is 1. The number of rotatable bonds is 5. The Labute approximate surface area is 199 Å². The number of anilines is 1. The topological polar surface area (TPSA) is 58.6 Å². The maximum atomic E-state index is 13.2. The average molecular weight is 461 g/mol. The summed E-state index contributed by atoms with van der Waals surface area (Å²) in [5.41, 5.74) is 3.79. The number of likely N-dealkylation sites (tertiary alicyclic amines) is 1. The lowest BCUT2D eigenvalue weighted by Crippen LogP contribution is -2.39. The van der Waals surface area contributed by atoms with Crippen LogP contribution in [0.5, 0.6) is 0 Å². The summed E-state index contributed by atoms with van der Waals surface area (Å²) >= 11 is 0. The van der Waals surface area contributed by atoms with E-state index in [9.17, 15) is 9.18 Å². The van der Waals surface area contributed by atoms with E-state index in [4.69, 9.17) is 9.72 Å². The lowest BCUT2D eigenvalue weighted by molar-refractivity contribution is 0.0712. The summed E-state index contributed by atoms with van der Waals surface area (Å²) < 4.78 is 18.6. The van der Waals surface area contributed by atoms with Crippen molar-refractivity contribution in [2.45, 2.75) is 25.2 Å². The number of carbonyl (C=O) groups is 1. The first-order chi connectivity index (χ1) is 16.7. The number of nitrogens with zero attached hydrogens (tertiary/aromatic N) is 4. The molecule has 6 nitrogen and oxygen atoms in total. The van der Waals surface area contributed by atoms with Gasteiger partial charge in [0.2, 0.25) is 0 Å². The van der Waals surface area contributed by atoms with Gasteiger partial charge < -0.3 is 14.5 Å². The highest BCUT2D eigenvalue weighted by Crippen LogP contribution is 2.28. The molecule has 2 fully saturated rings. The van der Waals surface area contributed by atoms with Crippen molar-refractivity contribution in [3.05, 3.63) is 89.1 Å². The van der Waals surface area contributed by atoms with E-state index in [0.717, 1.165) is 48.7 Å². The minimum atomic E-state index is -0.226. The van der Waals surface area contributed by atoms with E-state index in [0.29, 0.717) is 44.2 Å². The largest absolute Gasteiger partial charge is 0.378 e. The quantitative estimate of drug-likeness (QED) is 0.575. The van der Waals surface area contributed by atoms with Crippen molar-refractivity contribution in [2.75, 3.05) is 44.3 Å². The Hall–Kier alpha value is -3.32. The van der Waals surface area contributed by atoms with Crippen LogP contribution in [-0.2, 0) is 11.2 Å². The lowest BCUT2D eigenvalue weighted by atomic mass is 9.92. The van der Waals surface area contributed by atoms with Gasteiger partial charge in [-0.3, -0.25) is 9.78 Å². The van der Waals surface area contributed by atoms with E-state index in [2.05, 4.69) is 16.0 Å². The molecule has 0 aliphatic carbocycles. The number of morpholine rings is 1. The Bertz CT molecular complexity index is 1120. The van der Waals surface area contributed by atoms with Crippen molar-refractivity contribution in [3.8, 4) is 0 Å². The number of benzene rings is 1. The average Bonchev–Trinajstić information content (AvgIpc) is 2.90. The molecular formula is C27H29FN4O2. The van der Waals surface area contributed by atoms with Gasteiger partial charge in [-0.05, 0) is 54.8 Å². The standard InChI is InChI=1S/C27H29FN4O2/c28-23-6-4-20(5-7-23)18-24-2-1-3-25(30-24)21-9-12-32(13-10-21)27(33)22-8-11-29-26(19-22)31-14-16-34-17-15-31/h1-8,11,19,21H,9-10,12-18H2. The predicted octanol–water partition coefficient (Wildman–Crippen LogP) is 4.06. The number of pyridine rings is 2. The van der Waals surface area contributed by atoms with E-state index in [1.807, 2.05) is 23.1 Å². The van der Waals surface area contributed by atoms with E-state index < -0.39 is 0 Å². The van der Waals surface area contributed by atoms with Gasteiger partial charge in [0.25, 0.3) is 5.91 Å². The number of piperidine rings is 1. The smallest absolute Gasteiger partial charge is 0.254 e. The Balaban J connectivity index is 1.20. The molecule has 0 bridgehead atoms. The SMILES string of the molecule is O=C(c1ccnc(N2CCOCC2)c1)N1CCC(c2cccc(Cc3ccc(F)cc3)n2)CC1. The molecule has 2 aliphatic rings. The minimum Gasteiger partial charge on any atom is -0.378 e. The Morgan fingerprint density at radius 2 is 1.76 bits per heavy atom. The van der Waals surface area contributed by atoms with Crippen LogP contribution >= 0.6 is 0 Å². The van der Waals surface area contributed by atoms with Crippen molar-refractivity contribution in [1.82, 2.24) is 14.9 Å². The zero-order valence-corrected chi connectivity index (χ0v) is 19.2. The van der Waals surface area contributed by atoms with Crippen LogP contribution in [0.25, 0.3) is 0 Å². The summed E-state index contributed by atoms with van der Waals surface area (Å²) in [7, 11) is 0. The zero-order chi connectivity index (χ0) is 23.3. The monoisotopic (exact) mass is 460 g/mol. The third-order valence-electron chi connectivity index (χ3n) is 6.65. The first-order valence-electron chi connectivity index (χ1n) is 11.9. The van der Waals surface area contributed by atoms with Crippen LogP contribution in [0.3, 0.4) is 0 Å². The Morgan fingerprint density at radius 1 is 1.00 bits per heavy atom. The molecule has 4 heterocycles. The third-order valence-corrected chi connectivity index (χ3v) is 6.65. The fourth-order valence-electron chi connectivity index (χ4n) is 4.71. The van der Waals surface area contributed by atoms with Crippen molar-refractivity contribution in [1.29, 1.82) is 0 Å². The normalized spacial score (nSPS) is 17.1. The van der Waals surface area contributed by atoms with Crippen molar-refractivity contribution < 1.29 is 13.9 Å². The highest BCUT2D eigenvalue weighted by Gasteiger charge is 2.26. The minimum absolute atomic E-state index is 0.0633. The van der Waals surface area contributed by atoms with Gasteiger partial charge in [-0.15, -0.1) is 0 Å². The number of hydrogen-bond acceptors (Lipinski definition) is 5. The molecule has 1 aromatic carbocycles. The van der Waals surface area contributed by atoms with Gasteiger partial charge in [0.05, 0.1) is 13.2 Å². The zero-order valence-electron chi connectivity index (χ0n) is 19.2. The summed E-state index contributed by atoms with van der Waals surface area (Å²) in [6.45, 7) is 4.39. The van der Waals surface area contributed by atoms with Crippen LogP contribution in [0.15, 0.2) is 60.8 Å². The van der Waals surface area contributed by atoms with Crippen LogP contribution in [0.2, 0.25) is 0 Å². The van der Waals surface area contributed by atoms with Gasteiger partial charge in [-0.25, -0.2) is 9.37 Å². The first-order valence-corrected chi connectivity index (χ1v) is 11.9. The van der Waals surface area contributed by atoms with E-state index in [1.165, 1.54) is 12.1 Å². The van der Waals surface area contributed by atoms with Crippen molar-refractivity contribution >= 4 is 11.7 Å². The molecule has 2 saturated heterocycles. The molecule has 0 unspecified atom stereocenters. The first kappa shape index (κ1) is 22.5. The van der Waals surface area contributed by atoms with Gasteiger partial charge in [0.1, 0.15) is 11.6 Å². The molecular weight excluding hydrogens is 431 g/mol. The van der Waals surface area contributed by atoms with Crippen molar-refractivity contribution in [2.24, 2.45) is 0 Å². The summed E-state index contributed by atoms with van der Waals surface area (Å²) in [6.07, 6.45) is 4.18. The molecule has 3 aromatic rings. The molecule has 1 amide bonds. The number of hydrogen-bond donors (Lipinski definition) is 0. The molecule has 2 aromatic heterocycles. The third kappa shape index (κ3) is 5.25. The molecule has 34 heavy (non-hydrogen) atoms. The van der Waals surface area contributed by atoms with Gasteiger partial charge in [0, 0.05) is 61.7 Å². The second-order valence-corrected chi connectivity index (χ2v) is 8.93.